The van der Waals surface area contributed by atoms with Gasteiger partial charge < -0.3 is 9.84 Å². The minimum Gasteiger partial charge on any atom is -0.491 e. The number of aliphatic hydroxyl groups is 1. The Hall–Kier alpha value is -1.02. The Morgan fingerprint density at radius 1 is 1.27 bits per heavy atom. The first-order valence-corrected chi connectivity index (χ1v) is 5.48. The molecule has 0 unspecified atom stereocenters. The third kappa shape index (κ3) is 3.56. The maximum Gasteiger partial charge on any atom is 0.119 e. The Balaban J connectivity index is 2.73. The van der Waals surface area contributed by atoms with Gasteiger partial charge in [-0.1, -0.05) is 32.9 Å². The summed E-state index contributed by atoms with van der Waals surface area (Å²) in [5, 5.41) is 8.67. The lowest BCUT2D eigenvalue weighted by atomic mass is 9.90. The fraction of sp³-hybridized carbons (Fsp3) is 0.538. The molecule has 2 nitrogen and oxygen atoms in total. The summed E-state index contributed by atoms with van der Waals surface area (Å²) in [5.74, 6) is 2.00. The molecule has 0 amide bonds. The second-order valence-electron chi connectivity index (χ2n) is 4.18. The van der Waals surface area contributed by atoms with Gasteiger partial charge in [0.1, 0.15) is 12.4 Å². The van der Waals surface area contributed by atoms with E-state index in [1.165, 1.54) is 5.56 Å². The molecule has 1 aromatic carbocycles. The molecule has 0 fully saturated rings. The van der Waals surface area contributed by atoms with E-state index in [2.05, 4.69) is 32.9 Å². The molecule has 0 aliphatic carbocycles. The lowest BCUT2D eigenvalue weighted by Crippen LogP contribution is -2.04. The molecule has 0 spiro atoms. The highest BCUT2D eigenvalue weighted by Gasteiger charge is 2.10. The van der Waals surface area contributed by atoms with Crippen LogP contribution in [0.2, 0.25) is 0 Å². The van der Waals surface area contributed by atoms with Crippen molar-refractivity contribution in [3.8, 4) is 5.75 Å². The summed E-state index contributed by atoms with van der Waals surface area (Å²) in [6.07, 6.45) is 0. The maximum absolute atomic E-state index is 8.67. The molecule has 0 radical (unpaired) electrons. The van der Waals surface area contributed by atoms with Crippen molar-refractivity contribution >= 4 is 0 Å². The maximum atomic E-state index is 8.67. The minimum atomic E-state index is 0.0595. The van der Waals surface area contributed by atoms with Gasteiger partial charge in [-0.05, 0) is 29.5 Å². The molecule has 0 heterocycles. The van der Waals surface area contributed by atoms with Gasteiger partial charge in [0.15, 0.2) is 0 Å². The third-order valence-electron chi connectivity index (χ3n) is 2.74. The van der Waals surface area contributed by atoms with Crippen LogP contribution in [0.5, 0.6) is 5.75 Å². The molecule has 1 atom stereocenters. The average Bonchev–Trinajstić information content (AvgIpc) is 2.25. The number of ether oxygens (including phenoxy) is 1. The highest BCUT2D eigenvalue weighted by molar-refractivity contribution is 5.30. The van der Waals surface area contributed by atoms with Gasteiger partial charge in [-0.3, -0.25) is 0 Å². The van der Waals surface area contributed by atoms with E-state index in [0.29, 0.717) is 18.4 Å². The van der Waals surface area contributed by atoms with E-state index in [1.807, 2.05) is 12.1 Å². The van der Waals surface area contributed by atoms with Crippen LogP contribution in [0, 0.1) is 5.92 Å². The van der Waals surface area contributed by atoms with Gasteiger partial charge in [0.2, 0.25) is 0 Å². The first-order chi connectivity index (χ1) is 7.15. The Labute approximate surface area is 91.9 Å². The van der Waals surface area contributed by atoms with Crippen LogP contribution in [0.15, 0.2) is 24.3 Å². The van der Waals surface area contributed by atoms with Gasteiger partial charge in [-0.2, -0.15) is 0 Å². The van der Waals surface area contributed by atoms with Crippen LogP contribution in [0.25, 0.3) is 0 Å². The highest BCUT2D eigenvalue weighted by Crippen LogP contribution is 2.26. The first-order valence-electron chi connectivity index (χ1n) is 5.48. The van der Waals surface area contributed by atoms with Crippen molar-refractivity contribution in [2.75, 3.05) is 13.2 Å². The molecule has 0 saturated heterocycles. The zero-order valence-electron chi connectivity index (χ0n) is 9.73. The predicted molar refractivity (Wildman–Crippen MR) is 62.3 cm³/mol. The summed E-state index contributed by atoms with van der Waals surface area (Å²) in [5.41, 5.74) is 1.29. The second-order valence-corrected chi connectivity index (χ2v) is 4.18. The Kier molecular flexibility index (Phi) is 4.63. The molecule has 0 bridgehead atoms. The van der Waals surface area contributed by atoms with E-state index < -0.39 is 0 Å². The van der Waals surface area contributed by atoms with Gasteiger partial charge >= 0.3 is 0 Å². The second kappa shape index (κ2) is 5.76. The number of benzene rings is 1. The van der Waals surface area contributed by atoms with Crippen LogP contribution in [0.1, 0.15) is 32.3 Å². The van der Waals surface area contributed by atoms with E-state index >= 15 is 0 Å². The zero-order valence-corrected chi connectivity index (χ0v) is 9.73. The van der Waals surface area contributed by atoms with Gasteiger partial charge in [-0.25, -0.2) is 0 Å². The van der Waals surface area contributed by atoms with Gasteiger partial charge in [0.25, 0.3) is 0 Å². The number of hydrogen-bond acceptors (Lipinski definition) is 2. The quantitative estimate of drug-likeness (QED) is 0.806. The molecule has 1 aromatic rings. The Morgan fingerprint density at radius 3 is 2.60 bits per heavy atom. The number of rotatable bonds is 5. The molecule has 0 saturated carbocycles. The lowest BCUT2D eigenvalue weighted by Gasteiger charge is -2.16. The fourth-order valence-electron chi connectivity index (χ4n) is 1.44. The van der Waals surface area contributed by atoms with Crippen LogP contribution in [-0.2, 0) is 0 Å². The standard InChI is InChI=1S/C13H20O2/c1-10(2)11(3)12-5-4-6-13(9-12)15-8-7-14/h4-6,9-11,14H,7-8H2,1-3H3/t11-/m0/s1. The van der Waals surface area contributed by atoms with Gasteiger partial charge in [-0.15, -0.1) is 0 Å². The molecule has 15 heavy (non-hydrogen) atoms. The Bertz CT molecular complexity index is 294. The van der Waals surface area contributed by atoms with Crippen molar-refractivity contribution in [1.29, 1.82) is 0 Å². The predicted octanol–water partition coefficient (Wildman–Crippen LogP) is 2.82. The first kappa shape index (κ1) is 12.1. The molecule has 0 aromatic heterocycles. The van der Waals surface area contributed by atoms with Gasteiger partial charge in [0, 0.05) is 0 Å². The fourth-order valence-corrected chi connectivity index (χ4v) is 1.44. The van der Waals surface area contributed by atoms with Crippen LogP contribution in [-0.4, -0.2) is 18.3 Å². The zero-order chi connectivity index (χ0) is 11.3. The van der Waals surface area contributed by atoms with E-state index in [0.717, 1.165) is 5.75 Å². The van der Waals surface area contributed by atoms with Crippen LogP contribution >= 0.6 is 0 Å². The van der Waals surface area contributed by atoms with Crippen molar-refractivity contribution < 1.29 is 9.84 Å². The average molecular weight is 208 g/mol. The lowest BCUT2D eigenvalue weighted by molar-refractivity contribution is 0.201. The Morgan fingerprint density at radius 2 is 2.00 bits per heavy atom. The van der Waals surface area contributed by atoms with E-state index in [-0.39, 0.29) is 6.61 Å². The highest BCUT2D eigenvalue weighted by atomic mass is 16.5. The SMILES string of the molecule is CC(C)[C@H](C)c1cccc(OCCO)c1. The van der Waals surface area contributed by atoms with E-state index in [1.54, 1.807) is 0 Å². The molecule has 0 aliphatic heterocycles. The topological polar surface area (TPSA) is 29.5 Å². The van der Waals surface area contributed by atoms with Crippen molar-refractivity contribution in [1.82, 2.24) is 0 Å². The van der Waals surface area contributed by atoms with Crippen molar-refractivity contribution in [3.05, 3.63) is 29.8 Å². The van der Waals surface area contributed by atoms with Crippen molar-refractivity contribution in [3.63, 3.8) is 0 Å². The van der Waals surface area contributed by atoms with Crippen LogP contribution in [0.4, 0.5) is 0 Å². The summed E-state index contributed by atoms with van der Waals surface area (Å²) in [6, 6.07) is 8.10. The summed E-state index contributed by atoms with van der Waals surface area (Å²) >= 11 is 0. The molecule has 1 N–H and O–H groups in total. The summed E-state index contributed by atoms with van der Waals surface area (Å²) in [6.45, 7) is 7.07. The molecular formula is C13H20O2. The minimum absolute atomic E-state index is 0.0595. The largest absolute Gasteiger partial charge is 0.491 e. The summed E-state index contributed by atoms with van der Waals surface area (Å²) in [7, 11) is 0. The molecule has 0 aliphatic rings. The molecular weight excluding hydrogens is 188 g/mol. The molecule has 84 valence electrons. The summed E-state index contributed by atoms with van der Waals surface area (Å²) in [4.78, 5) is 0. The smallest absolute Gasteiger partial charge is 0.119 e. The van der Waals surface area contributed by atoms with E-state index in [4.69, 9.17) is 9.84 Å². The molecule has 1 rings (SSSR count). The number of aliphatic hydroxyl groups excluding tert-OH is 1. The van der Waals surface area contributed by atoms with Crippen LogP contribution < -0.4 is 4.74 Å². The van der Waals surface area contributed by atoms with Crippen molar-refractivity contribution in [2.24, 2.45) is 5.92 Å². The van der Waals surface area contributed by atoms with Crippen LogP contribution in [0.3, 0.4) is 0 Å². The van der Waals surface area contributed by atoms with Crippen molar-refractivity contribution in [2.45, 2.75) is 26.7 Å². The number of hydrogen-bond donors (Lipinski definition) is 1. The monoisotopic (exact) mass is 208 g/mol. The third-order valence-corrected chi connectivity index (χ3v) is 2.74. The van der Waals surface area contributed by atoms with E-state index in [9.17, 15) is 0 Å². The molecule has 2 heteroatoms. The van der Waals surface area contributed by atoms with Gasteiger partial charge in [0.05, 0.1) is 6.61 Å². The summed E-state index contributed by atoms with van der Waals surface area (Å²) < 4.78 is 5.38. The normalized spacial score (nSPS) is 12.9.